The van der Waals surface area contributed by atoms with Crippen LogP contribution in [-0.4, -0.2) is 53.3 Å². The second kappa shape index (κ2) is 8.25. The predicted molar refractivity (Wildman–Crippen MR) is 97.9 cm³/mol. The molecular formula is C19H24N4O3. The molecule has 1 aromatic carbocycles. The number of hydrogen-bond donors (Lipinski definition) is 2. The van der Waals surface area contributed by atoms with Crippen molar-refractivity contribution in [3.8, 4) is 0 Å². The third-order valence-corrected chi connectivity index (χ3v) is 4.51. The molecular weight excluding hydrogens is 332 g/mol. The zero-order valence-corrected chi connectivity index (χ0v) is 14.9. The van der Waals surface area contributed by atoms with Gasteiger partial charge in [0.25, 0.3) is 5.91 Å². The number of anilines is 1. The maximum Gasteiger partial charge on any atom is 0.251 e. The number of ether oxygens (including phenoxy) is 1. The van der Waals surface area contributed by atoms with Crippen molar-refractivity contribution in [2.75, 3.05) is 31.6 Å². The summed E-state index contributed by atoms with van der Waals surface area (Å²) in [5.41, 5.74) is 0.505. The molecule has 0 radical (unpaired) electrons. The van der Waals surface area contributed by atoms with E-state index in [0.29, 0.717) is 25.1 Å². The van der Waals surface area contributed by atoms with Crippen LogP contribution in [0.3, 0.4) is 0 Å². The summed E-state index contributed by atoms with van der Waals surface area (Å²) in [5, 5.41) is 13.8. The molecule has 1 saturated heterocycles. The van der Waals surface area contributed by atoms with Gasteiger partial charge in [-0.1, -0.05) is 12.1 Å². The first-order valence-corrected chi connectivity index (χ1v) is 8.69. The van der Waals surface area contributed by atoms with Crippen LogP contribution in [0.2, 0.25) is 0 Å². The highest BCUT2D eigenvalue weighted by Gasteiger charge is 2.34. The number of methoxy groups -OCH3 is 1. The number of nitrogens with zero attached hydrogens (tertiary/aromatic N) is 3. The molecule has 1 aliphatic heterocycles. The molecule has 2 aromatic rings. The Morgan fingerprint density at radius 3 is 3.08 bits per heavy atom. The van der Waals surface area contributed by atoms with Crippen LogP contribution in [0.5, 0.6) is 0 Å². The van der Waals surface area contributed by atoms with E-state index in [1.54, 1.807) is 37.8 Å². The van der Waals surface area contributed by atoms with E-state index in [1.165, 1.54) is 0 Å². The van der Waals surface area contributed by atoms with Gasteiger partial charge in [0.15, 0.2) is 0 Å². The van der Waals surface area contributed by atoms with E-state index < -0.39 is 5.60 Å². The third-order valence-electron chi connectivity index (χ3n) is 4.51. The smallest absolute Gasteiger partial charge is 0.251 e. The second-order valence-electron chi connectivity index (χ2n) is 6.63. The van der Waals surface area contributed by atoms with Crippen molar-refractivity contribution in [3.05, 3.63) is 54.0 Å². The molecule has 1 unspecified atom stereocenters. The molecule has 1 atom stereocenters. The first kappa shape index (κ1) is 18.3. The van der Waals surface area contributed by atoms with Gasteiger partial charge in [-0.2, -0.15) is 0 Å². The van der Waals surface area contributed by atoms with Gasteiger partial charge in [0.05, 0.1) is 18.4 Å². The van der Waals surface area contributed by atoms with Crippen molar-refractivity contribution in [1.29, 1.82) is 0 Å². The van der Waals surface area contributed by atoms with E-state index in [2.05, 4.69) is 15.3 Å². The molecule has 7 nitrogen and oxygen atoms in total. The molecule has 7 heteroatoms. The summed E-state index contributed by atoms with van der Waals surface area (Å²) in [6.07, 6.45) is 6.40. The van der Waals surface area contributed by atoms with Crippen LogP contribution in [0.25, 0.3) is 0 Å². The fourth-order valence-electron chi connectivity index (χ4n) is 3.22. The normalized spacial score (nSPS) is 20.0. The highest BCUT2D eigenvalue weighted by molar-refractivity contribution is 5.94. The second-order valence-corrected chi connectivity index (χ2v) is 6.63. The Kier molecular flexibility index (Phi) is 5.80. The molecule has 1 fully saturated rings. The SMILES string of the molecule is COCc1cccc(C(=O)NCC2(O)CCCN(c3cnccn3)C2)c1. The van der Waals surface area contributed by atoms with Gasteiger partial charge in [-0.25, -0.2) is 4.98 Å². The number of aromatic nitrogens is 2. The minimum Gasteiger partial charge on any atom is -0.386 e. The lowest BCUT2D eigenvalue weighted by Crippen LogP contribution is -2.54. The van der Waals surface area contributed by atoms with Gasteiger partial charge in [-0.15, -0.1) is 0 Å². The van der Waals surface area contributed by atoms with Crippen molar-refractivity contribution in [3.63, 3.8) is 0 Å². The summed E-state index contributed by atoms with van der Waals surface area (Å²) >= 11 is 0. The van der Waals surface area contributed by atoms with Crippen LogP contribution < -0.4 is 10.2 Å². The van der Waals surface area contributed by atoms with Crippen molar-refractivity contribution < 1.29 is 14.6 Å². The minimum absolute atomic E-state index is 0.192. The number of amides is 1. The zero-order valence-electron chi connectivity index (χ0n) is 14.9. The molecule has 0 spiro atoms. The fraction of sp³-hybridized carbons (Fsp3) is 0.421. The molecule has 3 rings (SSSR count). The Morgan fingerprint density at radius 1 is 1.42 bits per heavy atom. The predicted octanol–water partition coefficient (Wildman–Crippen LogP) is 1.38. The van der Waals surface area contributed by atoms with Crippen molar-refractivity contribution in [1.82, 2.24) is 15.3 Å². The van der Waals surface area contributed by atoms with Crippen molar-refractivity contribution in [2.45, 2.75) is 25.0 Å². The summed E-state index contributed by atoms with van der Waals surface area (Å²) in [6.45, 7) is 1.87. The van der Waals surface area contributed by atoms with Crippen LogP contribution in [0.15, 0.2) is 42.9 Å². The van der Waals surface area contributed by atoms with Crippen LogP contribution in [0, 0.1) is 0 Å². The van der Waals surface area contributed by atoms with E-state index in [4.69, 9.17) is 4.74 Å². The molecule has 0 saturated carbocycles. The Bertz CT molecular complexity index is 741. The summed E-state index contributed by atoms with van der Waals surface area (Å²) in [6, 6.07) is 7.29. The summed E-state index contributed by atoms with van der Waals surface area (Å²) in [5.74, 6) is 0.539. The largest absolute Gasteiger partial charge is 0.386 e. The van der Waals surface area contributed by atoms with Crippen molar-refractivity contribution in [2.24, 2.45) is 0 Å². The topological polar surface area (TPSA) is 87.6 Å². The van der Waals surface area contributed by atoms with E-state index in [9.17, 15) is 9.90 Å². The summed E-state index contributed by atoms with van der Waals surface area (Å²) in [4.78, 5) is 22.8. The maximum absolute atomic E-state index is 12.4. The third kappa shape index (κ3) is 4.56. The summed E-state index contributed by atoms with van der Waals surface area (Å²) < 4.78 is 5.10. The number of carbonyl (C=O) groups is 1. The molecule has 0 aliphatic carbocycles. The van der Waals surface area contributed by atoms with Gasteiger partial charge in [-0.3, -0.25) is 9.78 Å². The maximum atomic E-state index is 12.4. The fourth-order valence-corrected chi connectivity index (χ4v) is 3.22. The molecule has 2 N–H and O–H groups in total. The number of rotatable bonds is 6. The van der Waals surface area contributed by atoms with E-state index in [-0.39, 0.29) is 12.5 Å². The average Bonchev–Trinajstić information content (AvgIpc) is 2.67. The molecule has 2 heterocycles. The van der Waals surface area contributed by atoms with Crippen LogP contribution in [0.1, 0.15) is 28.8 Å². The minimum atomic E-state index is -0.991. The number of hydrogen-bond acceptors (Lipinski definition) is 6. The van der Waals surface area contributed by atoms with E-state index in [1.807, 2.05) is 17.0 Å². The summed E-state index contributed by atoms with van der Waals surface area (Å²) in [7, 11) is 1.62. The number of carbonyl (C=O) groups excluding carboxylic acids is 1. The molecule has 138 valence electrons. The monoisotopic (exact) mass is 356 g/mol. The van der Waals surface area contributed by atoms with Crippen LogP contribution in [0.4, 0.5) is 5.82 Å². The number of nitrogens with one attached hydrogen (secondary N) is 1. The van der Waals surface area contributed by atoms with Gasteiger partial charge < -0.3 is 20.1 Å². The number of piperidine rings is 1. The molecule has 1 aliphatic rings. The first-order chi connectivity index (χ1) is 12.6. The highest BCUT2D eigenvalue weighted by Crippen LogP contribution is 2.24. The standard InChI is InChI=1S/C19H24N4O3/c1-26-12-15-4-2-5-16(10-15)18(24)22-13-19(25)6-3-9-23(14-19)17-11-20-7-8-21-17/h2,4-5,7-8,10-11,25H,3,6,9,12-14H2,1H3,(H,22,24). The Balaban J connectivity index is 1.61. The first-order valence-electron chi connectivity index (χ1n) is 8.69. The Hall–Kier alpha value is -2.51. The zero-order chi connectivity index (χ0) is 18.4. The van der Waals surface area contributed by atoms with Gasteiger partial charge >= 0.3 is 0 Å². The molecule has 26 heavy (non-hydrogen) atoms. The van der Waals surface area contributed by atoms with Gasteiger partial charge in [-0.05, 0) is 30.5 Å². The highest BCUT2D eigenvalue weighted by atomic mass is 16.5. The Morgan fingerprint density at radius 2 is 2.31 bits per heavy atom. The molecule has 1 aromatic heterocycles. The quantitative estimate of drug-likeness (QED) is 0.813. The van der Waals surface area contributed by atoms with Gasteiger partial charge in [0.2, 0.25) is 0 Å². The van der Waals surface area contributed by atoms with Crippen LogP contribution >= 0.6 is 0 Å². The average molecular weight is 356 g/mol. The number of benzene rings is 1. The van der Waals surface area contributed by atoms with Crippen molar-refractivity contribution >= 4 is 11.7 Å². The lowest BCUT2D eigenvalue weighted by molar-refractivity contribution is 0.0254. The van der Waals surface area contributed by atoms with E-state index in [0.717, 1.165) is 24.3 Å². The number of β-amino-alcohol motifs (C(OH)–C–C–N with tert-alkyl or cyclic N) is 1. The lowest BCUT2D eigenvalue weighted by atomic mass is 9.92. The Labute approximate surface area is 153 Å². The molecule has 1 amide bonds. The van der Waals surface area contributed by atoms with Crippen LogP contribution in [-0.2, 0) is 11.3 Å². The number of aliphatic hydroxyl groups is 1. The van der Waals surface area contributed by atoms with Gasteiger partial charge in [0, 0.05) is 44.7 Å². The van der Waals surface area contributed by atoms with E-state index >= 15 is 0 Å². The molecule has 0 bridgehead atoms. The van der Waals surface area contributed by atoms with Gasteiger partial charge in [0.1, 0.15) is 5.82 Å². The lowest BCUT2D eigenvalue weighted by Gasteiger charge is -2.39.